The Hall–Kier alpha value is -0.970. The second-order valence-corrected chi connectivity index (χ2v) is 2.35. The predicted octanol–water partition coefficient (Wildman–Crippen LogP) is -1.24. The van der Waals surface area contributed by atoms with Gasteiger partial charge in [-0.2, -0.15) is 0 Å². The highest BCUT2D eigenvalue weighted by Crippen LogP contribution is 2.06. The Morgan fingerprint density at radius 3 is 2.80 bits per heavy atom. The summed E-state index contributed by atoms with van der Waals surface area (Å²) in [5, 5.41) is 20.0. The molecule has 5 heteroatoms. The largest absolute Gasteiger partial charge is 0.408 e. The van der Waals surface area contributed by atoms with Crippen molar-refractivity contribution in [1.29, 1.82) is 0 Å². The van der Waals surface area contributed by atoms with Gasteiger partial charge in [0.15, 0.2) is 0 Å². The van der Waals surface area contributed by atoms with E-state index >= 15 is 0 Å². The van der Waals surface area contributed by atoms with E-state index in [1.807, 2.05) is 0 Å². The van der Waals surface area contributed by atoms with Gasteiger partial charge in [-0.1, -0.05) is 5.16 Å². The molecule has 0 aromatic heterocycles. The van der Waals surface area contributed by atoms with Gasteiger partial charge in [-0.15, -0.1) is 0 Å². The number of β-amino-alcohol motifs (C(OH)–C–C–N with tert-alkyl or cyclic N) is 1. The molecule has 0 aliphatic carbocycles. The van der Waals surface area contributed by atoms with E-state index in [-0.39, 0.29) is 12.1 Å². The summed E-state index contributed by atoms with van der Waals surface area (Å²) in [4.78, 5) is 1.63. The number of hydrogen-bond donors (Lipinski definition) is 3. The fourth-order valence-electron chi connectivity index (χ4n) is 1.01. The van der Waals surface area contributed by atoms with Gasteiger partial charge >= 0.3 is 0 Å². The Bertz CT molecular complexity index is 148. The van der Waals surface area contributed by atoms with Gasteiger partial charge in [0.25, 0.3) is 0 Å². The van der Waals surface area contributed by atoms with Crippen LogP contribution in [0.3, 0.4) is 0 Å². The highest BCUT2D eigenvalue weighted by molar-refractivity contribution is 5.77. The molecule has 1 aliphatic rings. The molecular weight excluding hydrogens is 134 g/mol. The fourth-order valence-corrected chi connectivity index (χ4v) is 1.01. The minimum atomic E-state index is -0.333. The van der Waals surface area contributed by atoms with Crippen molar-refractivity contribution in [3.63, 3.8) is 0 Å². The summed E-state index contributed by atoms with van der Waals surface area (Å²) in [6.45, 7) is 1.13. The lowest BCUT2D eigenvalue weighted by Gasteiger charge is -2.13. The number of rotatable bonds is 0. The number of aliphatic hydroxyl groups is 1. The average molecular weight is 145 g/mol. The second-order valence-electron chi connectivity index (χ2n) is 2.35. The number of guanidine groups is 1. The number of nitrogens with zero attached hydrogens (tertiary/aromatic N) is 2. The molecule has 10 heavy (non-hydrogen) atoms. The Balaban J connectivity index is 2.45. The number of nitrogens with two attached hydrogens (primary N) is 1. The van der Waals surface area contributed by atoms with Gasteiger partial charge in [-0.05, 0) is 6.42 Å². The lowest BCUT2D eigenvalue weighted by molar-refractivity contribution is 0.187. The molecule has 1 rings (SSSR count). The van der Waals surface area contributed by atoms with Crippen molar-refractivity contribution < 1.29 is 10.3 Å². The van der Waals surface area contributed by atoms with Gasteiger partial charge in [0.1, 0.15) is 0 Å². The van der Waals surface area contributed by atoms with Crippen LogP contribution in [0.25, 0.3) is 0 Å². The quantitative estimate of drug-likeness (QED) is 0.172. The van der Waals surface area contributed by atoms with Crippen molar-refractivity contribution in [1.82, 2.24) is 4.90 Å². The van der Waals surface area contributed by atoms with Crippen LogP contribution in [0, 0.1) is 0 Å². The van der Waals surface area contributed by atoms with Crippen LogP contribution in [0.2, 0.25) is 0 Å². The molecule has 0 aromatic carbocycles. The molecule has 0 spiro atoms. The van der Waals surface area contributed by atoms with Crippen molar-refractivity contribution in [3.05, 3.63) is 0 Å². The van der Waals surface area contributed by atoms with Crippen LogP contribution >= 0.6 is 0 Å². The Kier molecular flexibility index (Phi) is 1.96. The van der Waals surface area contributed by atoms with Gasteiger partial charge in [-0.3, -0.25) is 0 Å². The van der Waals surface area contributed by atoms with Crippen molar-refractivity contribution in [2.24, 2.45) is 10.9 Å². The molecule has 0 aromatic rings. The van der Waals surface area contributed by atoms with Crippen LogP contribution in [0.1, 0.15) is 6.42 Å². The highest BCUT2D eigenvalue weighted by Gasteiger charge is 2.21. The molecular formula is C5H11N3O2. The third kappa shape index (κ3) is 1.30. The van der Waals surface area contributed by atoms with E-state index in [9.17, 15) is 0 Å². The Labute approximate surface area is 58.7 Å². The maximum Gasteiger partial charge on any atom is 0.233 e. The molecule has 58 valence electrons. The van der Waals surface area contributed by atoms with E-state index in [2.05, 4.69) is 5.16 Å². The van der Waals surface area contributed by atoms with Crippen molar-refractivity contribution in [2.45, 2.75) is 12.5 Å². The van der Waals surface area contributed by atoms with Gasteiger partial charge in [0, 0.05) is 13.1 Å². The van der Waals surface area contributed by atoms with Crippen LogP contribution in [0.15, 0.2) is 5.16 Å². The average Bonchev–Trinajstić information content (AvgIpc) is 2.34. The SMILES string of the molecule is NC(=NO)N1CCC(O)C1. The second kappa shape index (κ2) is 2.74. The molecule has 1 fully saturated rings. The van der Waals surface area contributed by atoms with Crippen LogP contribution in [0.4, 0.5) is 0 Å². The van der Waals surface area contributed by atoms with Crippen LogP contribution in [0.5, 0.6) is 0 Å². The maximum absolute atomic E-state index is 9.01. The molecule has 1 heterocycles. The van der Waals surface area contributed by atoms with Gasteiger partial charge < -0.3 is 20.9 Å². The van der Waals surface area contributed by atoms with E-state index in [0.29, 0.717) is 19.5 Å². The predicted molar refractivity (Wildman–Crippen MR) is 35.6 cm³/mol. The first-order valence-electron chi connectivity index (χ1n) is 3.14. The summed E-state index contributed by atoms with van der Waals surface area (Å²) in [5.74, 6) is 0.0801. The van der Waals surface area contributed by atoms with Crippen LogP contribution in [-0.2, 0) is 0 Å². The topological polar surface area (TPSA) is 82.1 Å². The third-order valence-corrected chi connectivity index (χ3v) is 1.59. The molecule has 1 unspecified atom stereocenters. The molecule has 1 aliphatic heterocycles. The Morgan fingerprint density at radius 1 is 1.70 bits per heavy atom. The first-order chi connectivity index (χ1) is 4.74. The van der Waals surface area contributed by atoms with E-state index in [1.165, 1.54) is 0 Å². The van der Waals surface area contributed by atoms with Crippen molar-refractivity contribution in [2.75, 3.05) is 13.1 Å². The number of likely N-dealkylation sites (tertiary alicyclic amines) is 1. The van der Waals surface area contributed by atoms with Gasteiger partial charge in [0.2, 0.25) is 5.96 Å². The van der Waals surface area contributed by atoms with E-state index in [0.717, 1.165) is 0 Å². The molecule has 0 amide bonds. The van der Waals surface area contributed by atoms with Crippen molar-refractivity contribution >= 4 is 5.96 Å². The lowest BCUT2D eigenvalue weighted by Crippen LogP contribution is -2.35. The molecule has 0 saturated carbocycles. The minimum Gasteiger partial charge on any atom is -0.408 e. The molecule has 1 saturated heterocycles. The van der Waals surface area contributed by atoms with Crippen molar-refractivity contribution in [3.8, 4) is 0 Å². The maximum atomic E-state index is 9.01. The zero-order valence-electron chi connectivity index (χ0n) is 5.56. The zero-order valence-corrected chi connectivity index (χ0v) is 5.56. The third-order valence-electron chi connectivity index (χ3n) is 1.59. The van der Waals surface area contributed by atoms with Gasteiger partial charge in [-0.25, -0.2) is 0 Å². The molecule has 4 N–H and O–H groups in total. The molecule has 5 nitrogen and oxygen atoms in total. The van der Waals surface area contributed by atoms with E-state index in [1.54, 1.807) is 4.90 Å². The Morgan fingerprint density at radius 2 is 2.40 bits per heavy atom. The highest BCUT2D eigenvalue weighted by atomic mass is 16.4. The fraction of sp³-hybridized carbons (Fsp3) is 0.800. The molecule has 0 radical (unpaired) electrons. The normalized spacial score (nSPS) is 27.5. The number of hydrogen-bond acceptors (Lipinski definition) is 3. The number of oxime groups is 1. The molecule has 0 bridgehead atoms. The molecule has 1 atom stereocenters. The van der Waals surface area contributed by atoms with Crippen LogP contribution < -0.4 is 5.73 Å². The summed E-state index contributed by atoms with van der Waals surface area (Å²) in [7, 11) is 0. The van der Waals surface area contributed by atoms with E-state index < -0.39 is 0 Å². The summed E-state index contributed by atoms with van der Waals surface area (Å²) < 4.78 is 0. The summed E-state index contributed by atoms with van der Waals surface area (Å²) in [6, 6.07) is 0. The first kappa shape index (κ1) is 7.14. The minimum absolute atomic E-state index is 0.0801. The summed E-state index contributed by atoms with van der Waals surface area (Å²) >= 11 is 0. The smallest absolute Gasteiger partial charge is 0.233 e. The zero-order chi connectivity index (χ0) is 7.56. The lowest BCUT2D eigenvalue weighted by atomic mass is 10.3. The number of aliphatic hydroxyl groups excluding tert-OH is 1. The first-order valence-corrected chi connectivity index (χ1v) is 3.14. The summed E-state index contributed by atoms with van der Waals surface area (Å²) in [5.41, 5.74) is 5.26. The van der Waals surface area contributed by atoms with Crippen LogP contribution in [-0.4, -0.2) is 40.4 Å². The monoisotopic (exact) mass is 145 g/mol. The summed E-state index contributed by atoms with van der Waals surface area (Å²) in [6.07, 6.45) is 0.358. The standard InChI is InChI=1S/C5H11N3O2/c6-5(7-10)8-2-1-4(9)3-8/h4,9-10H,1-3H2,(H2,6,7). The van der Waals surface area contributed by atoms with E-state index in [4.69, 9.17) is 16.0 Å². The van der Waals surface area contributed by atoms with Gasteiger partial charge in [0.05, 0.1) is 6.10 Å².